The van der Waals surface area contributed by atoms with E-state index in [2.05, 4.69) is 10.0 Å². The summed E-state index contributed by atoms with van der Waals surface area (Å²) in [4.78, 5) is 12.7. The Bertz CT molecular complexity index is 1250. The molecule has 1 aliphatic rings. The van der Waals surface area contributed by atoms with Crippen molar-refractivity contribution in [2.45, 2.75) is 15.5 Å². The lowest BCUT2D eigenvalue weighted by Crippen LogP contribution is -2.17. The van der Waals surface area contributed by atoms with Crippen molar-refractivity contribution in [1.82, 2.24) is 0 Å². The van der Waals surface area contributed by atoms with Crippen molar-refractivity contribution in [3.8, 4) is 11.5 Å². The second kappa shape index (κ2) is 9.67. The maximum Gasteiger partial charge on any atom is 0.288 e. The molecule has 2 N–H and O–H groups in total. The zero-order chi connectivity index (χ0) is 23.4. The molecule has 172 valence electrons. The van der Waals surface area contributed by atoms with Crippen LogP contribution in [-0.2, 0) is 10.0 Å². The van der Waals surface area contributed by atoms with Gasteiger partial charge in [0.15, 0.2) is 11.5 Å². The molecule has 1 heterocycles. The van der Waals surface area contributed by atoms with Crippen LogP contribution in [0.15, 0.2) is 76.5 Å². The number of fused-ring (bicyclic) bond motifs is 1. The molecule has 0 radical (unpaired) electrons. The third-order valence-corrected chi connectivity index (χ3v) is 6.66. The monoisotopic (exact) mass is 492 g/mol. The molecule has 0 bridgehead atoms. The second-order valence-electron chi connectivity index (χ2n) is 6.85. The number of anilines is 2. The number of sulfonamides is 1. The van der Waals surface area contributed by atoms with Crippen molar-refractivity contribution in [2.75, 3.05) is 23.3 Å². The minimum Gasteiger partial charge on any atom is -0.486 e. The van der Waals surface area contributed by atoms with Gasteiger partial charge in [-0.05, 0) is 60.7 Å². The van der Waals surface area contributed by atoms with E-state index in [-0.39, 0.29) is 4.90 Å². The Morgan fingerprint density at radius 1 is 0.879 bits per heavy atom. The summed E-state index contributed by atoms with van der Waals surface area (Å²) >= 11 is 0.400. The molecule has 0 atom stereocenters. The van der Waals surface area contributed by atoms with Gasteiger partial charge < -0.3 is 14.8 Å². The highest BCUT2D eigenvalue weighted by Gasteiger charge is 2.19. The van der Waals surface area contributed by atoms with Crippen molar-refractivity contribution in [2.24, 2.45) is 0 Å². The van der Waals surface area contributed by atoms with Crippen LogP contribution in [0.5, 0.6) is 11.5 Å². The van der Waals surface area contributed by atoms with Crippen molar-refractivity contribution in [3.05, 3.63) is 72.3 Å². The number of carbonyl (C=O) groups excluding carboxylic acids is 1. The average molecular weight is 493 g/mol. The Labute approximate surface area is 193 Å². The van der Waals surface area contributed by atoms with E-state index in [0.29, 0.717) is 58.3 Å². The van der Waals surface area contributed by atoms with Crippen LogP contribution in [0.3, 0.4) is 0 Å². The first-order chi connectivity index (χ1) is 15.8. The molecular formula is C22H18F2N2O5S2. The number of hydrogen-bond donors (Lipinski definition) is 2. The number of hydrogen-bond acceptors (Lipinski definition) is 6. The molecule has 0 aromatic heterocycles. The predicted molar refractivity (Wildman–Crippen MR) is 121 cm³/mol. The summed E-state index contributed by atoms with van der Waals surface area (Å²) in [7, 11) is -3.87. The fourth-order valence-corrected chi connectivity index (χ4v) is 4.59. The number of carbonyl (C=O) groups is 1. The first kappa shape index (κ1) is 22.9. The summed E-state index contributed by atoms with van der Waals surface area (Å²) in [6.07, 6.45) is 0. The van der Waals surface area contributed by atoms with E-state index in [0.717, 1.165) is 0 Å². The lowest BCUT2D eigenvalue weighted by Gasteiger charge is -2.19. The van der Waals surface area contributed by atoms with Crippen LogP contribution >= 0.6 is 11.8 Å². The highest BCUT2D eigenvalue weighted by atomic mass is 32.2. The van der Waals surface area contributed by atoms with Crippen LogP contribution in [-0.4, -0.2) is 33.3 Å². The maximum absolute atomic E-state index is 12.7. The number of nitrogens with one attached hydrogen (secondary N) is 2. The van der Waals surface area contributed by atoms with E-state index in [9.17, 15) is 22.0 Å². The van der Waals surface area contributed by atoms with Gasteiger partial charge in [0, 0.05) is 27.9 Å². The smallest absolute Gasteiger partial charge is 0.288 e. The average Bonchev–Trinajstić information content (AvgIpc) is 2.80. The van der Waals surface area contributed by atoms with Gasteiger partial charge in [-0.1, -0.05) is 11.8 Å². The topological polar surface area (TPSA) is 93.7 Å². The van der Waals surface area contributed by atoms with E-state index in [1.807, 2.05) is 0 Å². The molecular weight excluding hydrogens is 474 g/mol. The molecule has 0 spiro atoms. The molecule has 0 unspecified atom stereocenters. The zero-order valence-electron chi connectivity index (χ0n) is 17.0. The molecule has 7 nitrogen and oxygen atoms in total. The van der Waals surface area contributed by atoms with Gasteiger partial charge in [0.2, 0.25) is 0 Å². The van der Waals surface area contributed by atoms with E-state index >= 15 is 0 Å². The maximum atomic E-state index is 12.7. The molecule has 0 fully saturated rings. The van der Waals surface area contributed by atoms with E-state index in [1.54, 1.807) is 18.2 Å². The lowest BCUT2D eigenvalue weighted by atomic mass is 10.2. The molecule has 1 aliphatic heterocycles. The number of rotatable bonds is 7. The third kappa shape index (κ3) is 5.74. The van der Waals surface area contributed by atoms with Gasteiger partial charge in [-0.25, -0.2) is 8.42 Å². The standard InChI is InChI=1S/C22H18F2N2O5S2/c23-22(24)32-17-7-1-14(2-8-17)21(27)25-15-3-5-16(6-4-15)26-33(28,29)18-9-10-19-20(13-18)31-12-11-30-19/h1-10,13,22,26H,11-12H2,(H,25,27). The SMILES string of the molecule is O=C(Nc1ccc(NS(=O)(=O)c2ccc3c(c2)OCCO3)cc1)c1ccc(SC(F)F)cc1. The first-order valence-electron chi connectivity index (χ1n) is 9.69. The molecule has 4 rings (SSSR count). The van der Waals surface area contributed by atoms with Gasteiger partial charge in [0.05, 0.1) is 4.90 Å². The predicted octanol–water partition coefficient (Wildman–Crippen LogP) is 4.83. The van der Waals surface area contributed by atoms with Gasteiger partial charge in [0.25, 0.3) is 21.7 Å². The highest BCUT2D eigenvalue weighted by Crippen LogP contribution is 2.33. The van der Waals surface area contributed by atoms with E-state index in [4.69, 9.17) is 9.47 Å². The molecule has 3 aromatic carbocycles. The molecule has 33 heavy (non-hydrogen) atoms. The molecule has 1 amide bonds. The van der Waals surface area contributed by atoms with Crippen LogP contribution in [0.25, 0.3) is 0 Å². The Hall–Kier alpha value is -3.31. The summed E-state index contributed by atoms with van der Waals surface area (Å²) < 4.78 is 63.5. The number of alkyl halides is 2. The molecule has 0 saturated heterocycles. The fourth-order valence-electron chi connectivity index (χ4n) is 3.02. The Balaban J connectivity index is 1.40. The van der Waals surface area contributed by atoms with Crippen molar-refractivity contribution < 1.29 is 31.5 Å². The van der Waals surface area contributed by atoms with Crippen molar-refractivity contribution >= 4 is 39.1 Å². The number of amides is 1. The van der Waals surface area contributed by atoms with Crippen molar-refractivity contribution in [1.29, 1.82) is 0 Å². The van der Waals surface area contributed by atoms with Crippen molar-refractivity contribution in [3.63, 3.8) is 0 Å². The normalized spacial score (nSPS) is 12.9. The van der Waals surface area contributed by atoms with Gasteiger partial charge in [0.1, 0.15) is 13.2 Å². The summed E-state index contributed by atoms with van der Waals surface area (Å²) in [5.41, 5.74) is 1.04. The van der Waals surface area contributed by atoms with Crippen LogP contribution < -0.4 is 19.5 Å². The fraction of sp³-hybridized carbons (Fsp3) is 0.136. The van der Waals surface area contributed by atoms with Crippen LogP contribution in [0.4, 0.5) is 20.2 Å². The van der Waals surface area contributed by atoms with E-state index in [1.165, 1.54) is 48.5 Å². The summed E-state index contributed by atoms with van der Waals surface area (Å²) in [6.45, 7) is 0.749. The Kier molecular flexibility index (Phi) is 6.70. The molecule has 0 aliphatic carbocycles. The molecule has 11 heteroatoms. The van der Waals surface area contributed by atoms with Gasteiger partial charge in [-0.15, -0.1) is 0 Å². The number of benzene rings is 3. The Morgan fingerprint density at radius 3 is 2.18 bits per heavy atom. The largest absolute Gasteiger partial charge is 0.486 e. The summed E-state index contributed by atoms with van der Waals surface area (Å²) in [5.74, 6) is -2.10. The van der Waals surface area contributed by atoms with Gasteiger partial charge in [-0.2, -0.15) is 8.78 Å². The number of thioether (sulfide) groups is 1. The highest BCUT2D eigenvalue weighted by molar-refractivity contribution is 7.99. The lowest BCUT2D eigenvalue weighted by molar-refractivity contribution is 0.102. The van der Waals surface area contributed by atoms with Crippen LogP contribution in [0, 0.1) is 0 Å². The second-order valence-corrected chi connectivity index (χ2v) is 9.59. The quantitative estimate of drug-likeness (QED) is 0.459. The van der Waals surface area contributed by atoms with Crippen LogP contribution in [0.2, 0.25) is 0 Å². The third-order valence-electron chi connectivity index (χ3n) is 4.56. The number of ether oxygens (including phenoxy) is 2. The minimum atomic E-state index is -3.87. The van der Waals surface area contributed by atoms with Gasteiger partial charge >= 0.3 is 0 Å². The first-order valence-corrected chi connectivity index (χ1v) is 12.1. The zero-order valence-corrected chi connectivity index (χ0v) is 18.6. The molecule has 0 saturated carbocycles. The summed E-state index contributed by atoms with van der Waals surface area (Å²) in [5, 5.41) is 2.67. The van der Waals surface area contributed by atoms with Crippen LogP contribution in [0.1, 0.15) is 10.4 Å². The van der Waals surface area contributed by atoms with E-state index < -0.39 is 21.7 Å². The van der Waals surface area contributed by atoms with Gasteiger partial charge in [-0.3, -0.25) is 9.52 Å². The minimum absolute atomic E-state index is 0.0255. The summed E-state index contributed by atoms with van der Waals surface area (Å²) in [6, 6.07) is 16.3. The number of halogens is 2. The molecule has 3 aromatic rings. The Morgan fingerprint density at radius 2 is 1.52 bits per heavy atom.